The second-order valence-electron chi connectivity index (χ2n) is 4.57. The molecule has 106 valence electrons. The molecule has 0 fully saturated rings. The van der Waals surface area contributed by atoms with Crippen molar-refractivity contribution in [3.05, 3.63) is 60.0 Å². The molecular formula is C16H13FN2OS. The summed E-state index contributed by atoms with van der Waals surface area (Å²) in [5, 5.41) is 5.79. The Balaban J connectivity index is 1.86. The molecule has 3 rings (SSSR count). The Bertz CT molecular complexity index is 726. The minimum absolute atomic E-state index is 0.233. The summed E-state index contributed by atoms with van der Waals surface area (Å²) < 4.78 is 13.3. The van der Waals surface area contributed by atoms with E-state index in [1.165, 1.54) is 17.0 Å². The van der Waals surface area contributed by atoms with Gasteiger partial charge >= 0.3 is 0 Å². The number of benzene rings is 2. The Morgan fingerprint density at radius 2 is 1.95 bits per heavy atom. The van der Waals surface area contributed by atoms with Gasteiger partial charge in [-0.25, -0.2) is 4.39 Å². The number of anilines is 2. The highest BCUT2D eigenvalue weighted by Crippen LogP contribution is 2.32. The van der Waals surface area contributed by atoms with Gasteiger partial charge in [0.15, 0.2) is 0 Å². The number of carbonyl (C=O) groups is 1. The molecule has 3 nitrogen and oxygen atoms in total. The van der Waals surface area contributed by atoms with Crippen LogP contribution in [-0.4, -0.2) is 12.2 Å². The molecule has 0 bridgehead atoms. The minimum atomic E-state index is -0.361. The van der Waals surface area contributed by atoms with Crippen molar-refractivity contribution in [1.82, 2.24) is 0 Å². The van der Waals surface area contributed by atoms with E-state index in [0.717, 1.165) is 5.69 Å². The number of amides is 1. The fraction of sp³-hybridized carbons (Fsp3) is 0.0625. The van der Waals surface area contributed by atoms with Gasteiger partial charge in [-0.05, 0) is 48.7 Å². The van der Waals surface area contributed by atoms with E-state index < -0.39 is 0 Å². The number of hydrogen-bond acceptors (Lipinski definition) is 3. The maximum absolute atomic E-state index is 13.3. The zero-order valence-corrected chi connectivity index (χ0v) is 12.1. The van der Waals surface area contributed by atoms with Crippen molar-refractivity contribution in [1.29, 1.82) is 0 Å². The minimum Gasteiger partial charge on any atom is -0.361 e. The van der Waals surface area contributed by atoms with Crippen molar-refractivity contribution >= 4 is 34.6 Å². The van der Waals surface area contributed by atoms with Gasteiger partial charge in [0.25, 0.3) is 5.91 Å². The molecule has 2 N–H and O–H groups in total. The maximum Gasteiger partial charge on any atom is 0.257 e. The van der Waals surface area contributed by atoms with Crippen LogP contribution in [0.25, 0.3) is 5.57 Å². The van der Waals surface area contributed by atoms with Crippen molar-refractivity contribution in [2.24, 2.45) is 0 Å². The quantitative estimate of drug-likeness (QED) is 0.666. The first-order chi connectivity index (χ1) is 10.2. The van der Waals surface area contributed by atoms with Crippen molar-refractivity contribution in [2.75, 3.05) is 16.9 Å². The van der Waals surface area contributed by atoms with Gasteiger partial charge < -0.3 is 10.6 Å². The molecule has 2 aromatic carbocycles. The molecule has 2 aromatic rings. The first-order valence-corrected chi connectivity index (χ1v) is 7.62. The summed E-state index contributed by atoms with van der Waals surface area (Å²) in [6.07, 6.45) is 3.62. The van der Waals surface area contributed by atoms with Crippen LogP contribution in [0.2, 0.25) is 0 Å². The van der Waals surface area contributed by atoms with Crippen LogP contribution in [0, 0.1) is 5.82 Å². The van der Waals surface area contributed by atoms with Crippen LogP contribution in [0.4, 0.5) is 15.8 Å². The van der Waals surface area contributed by atoms with Gasteiger partial charge in [-0.15, -0.1) is 11.8 Å². The van der Waals surface area contributed by atoms with Crippen molar-refractivity contribution in [3.8, 4) is 0 Å². The Kier molecular flexibility index (Phi) is 3.66. The van der Waals surface area contributed by atoms with E-state index >= 15 is 0 Å². The fourth-order valence-electron chi connectivity index (χ4n) is 2.15. The number of halogens is 1. The molecule has 0 unspecified atom stereocenters. The molecule has 1 aliphatic heterocycles. The van der Waals surface area contributed by atoms with Gasteiger partial charge in [-0.1, -0.05) is 0 Å². The highest BCUT2D eigenvalue weighted by molar-refractivity contribution is 7.98. The number of rotatable bonds is 3. The van der Waals surface area contributed by atoms with E-state index in [2.05, 4.69) is 10.6 Å². The highest BCUT2D eigenvalue weighted by atomic mass is 32.2. The lowest BCUT2D eigenvalue weighted by atomic mass is 10.1. The standard InChI is InChI=1S/C16H13FN2OS/c1-21-12-5-3-11(4-6-12)18-9-14-13-8-10(17)2-7-15(13)19-16(14)20/h2-9,18H,1H3,(H,19,20)/b14-9+. The third kappa shape index (κ3) is 2.78. The van der Waals surface area contributed by atoms with Crippen LogP contribution in [0.5, 0.6) is 0 Å². The van der Waals surface area contributed by atoms with Crippen molar-refractivity contribution in [3.63, 3.8) is 0 Å². The van der Waals surface area contributed by atoms with E-state index in [1.54, 1.807) is 24.0 Å². The third-order valence-corrected chi connectivity index (χ3v) is 3.98. The zero-order valence-electron chi connectivity index (χ0n) is 11.3. The Morgan fingerprint density at radius 1 is 1.19 bits per heavy atom. The number of hydrogen-bond donors (Lipinski definition) is 2. The molecule has 1 aliphatic rings. The summed E-state index contributed by atoms with van der Waals surface area (Å²) >= 11 is 1.66. The fourth-order valence-corrected chi connectivity index (χ4v) is 2.55. The van der Waals surface area contributed by atoms with E-state index in [0.29, 0.717) is 16.8 Å². The predicted octanol–water partition coefficient (Wildman–Crippen LogP) is 3.95. The van der Waals surface area contributed by atoms with Crippen LogP contribution in [0.1, 0.15) is 5.56 Å². The molecule has 1 amide bonds. The Hall–Kier alpha value is -2.27. The molecule has 5 heteroatoms. The molecule has 0 aromatic heterocycles. The third-order valence-electron chi connectivity index (χ3n) is 3.24. The number of nitrogens with one attached hydrogen (secondary N) is 2. The van der Waals surface area contributed by atoms with E-state index in [4.69, 9.17) is 0 Å². The molecule has 0 saturated heterocycles. The van der Waals surface area contributed by atoms with Gasteiger partial charge in [0, 0.05) is 28.0 Å². The van der Waals surface area contributed by atoms with Crippen LogP contribution in [0.15, 0.2) is 53.6 Å². The molecule has 0 atom stereocenters. The predicted molar refractivity (Wildman–Crippen MR) is 84.9 cm³/mol. The largest absolute Gasteiger partial charge is 0.361 e. The first kappa shape index (κ1) is 13.7. The second-order valence-corrected chi connectivity index (χ2v) is 5.45. The summed E-state index contributed by atoms with van der Waals surface area (Å²) in [5.74, 6) is -0.593. The topological polar surface area (TPSA) is 41.1 Å². The van der Waals surface area contributed by atoms with E-state index in [1.807, 2.05) is 30.5 Å². The summed E-state index contributed by atoms with van der Waals surface area (Å²) in [6.45, 7) is 0. The van der Waals surface area contributed by atoms with Gasteiger partial charge in [0.1, 0.15) is 5.82 Å². The summed E-state index contributed by atoms with van der Waals surface area (Å²) in [4.78, 5) is 13.1. The average molecular weight is 300 g/mol. The van der Waals surface area contributed by atoms with Crippen LogP contribution in [0.3, 0.4) is 0 Å². The summed E-state index contributed by atoms with van der Waals surface area (Å²) in [7, 11) is 0. The van der Waals surface area contributed by atoms with Crippen LogP contribution >= 0.6 is 11.8 Å². The van der Waals surface area contributed by atoms with E-state index in [-0.39, 0.29) is 11.7 Å². The van der Waals surface area contributed by atoms with Crippen LogP contribution < -0.4 is 10.6 Å². The molecule has 1 heterocycles. The monoisotopic (exact) mass is 300 g/mol. The van der Waals surface area contributed by atoms with Gasteiger partial charge in [-0.3, -0.25) is 4.79 Å². The number of fused-ring (bicyclic) bond motifs is 1. The Morgan fingerprint density at radius 3 is 2.67 bits per heavy atom. The van der Waals surface area contributed by atoms with Crippen molar-refractivity contribution in [2.45, 2.75) is 4.90 Å². The lowest BCUT2D eigenvalue weighted by molar-refractivity contribution is -0.110. The normalized spacial score (nSPS) is 15.0. The number of thioether (sulfide) groups is 1. The number of carbonyl (C=O) groups excluding carboxylic acids is 1. The molecular weight excluding hydrogens is 287 g/mol. The molecule has 0 saturated carbocycles. The van der Waals surface area contributed by atoms with E-state index in [9.17, 15) is 9.18 Å². The molecule has 0 aliphatic carbocycles. The SMILES string of the molecule is CSc1ccc(N/C=C2/C(=O)Nc3ccc(F)cc32)cc1. The lowest BCUT2D eigenvalue weighted by Crippen LogP contribution is -2.05. The van der Waals surface area contributed by atoms with Gasteiger partial charge in [0.05, 0.1) is 5.57 Å². The zero-order chi connectivity index (χ0) is 14.8. The van der Waals surface area contributed by atoms with Crippen LogP contribution in [-0.2, 0) is 4.79 Å². The smallest absolute Gasteiger partial charge is 0.257 e. The highest BCUT2D eigenvalue weighted by Gasteiger charge is 2.24. The average Bonchev–Trinajstić information content (AvgIpc) is 2.80. The van der Waals surface area contributed by atoms with Gasteiger partial charge in [0.2, 0.25) is 0 Å². The van der Waals surface area contributed by atoms with Crippen molar-refractivity contribution < 1.29 is 9.18 Å². The molecule has 0 spiro atoms. The molecule has 21 heavy (non-hydrogen) atoms. The van der Waals surface area contributed by atoms with Gasteiger partial charge in [-0.2, -0.15) is 0 Å². The summed E-state index contributed by atoms with van der Waals surface area (Å²) in [6, 6.07) is 12.1. The Labute approximate surface area is 126 Å². The maximum atomic E-state index is 13.3. The first-order valence-electron chi connectivity index (χ1n) is 6.39. The molecule has 0 radical (unpaired) electrons. The second kappa shape index (κ2) is 5.61. The summed E-state index contributed by atoms with van der Waals surface area (Å²) in [5.41, 5.74) is 2.51. The lowest BCUT2D eigenvalue weighted by Gasteiger charge is -2.03.